The molecule has 6 heteroatoms. The molecule has 17 heavy (non-hydrogen) atoms. The molecule has 0 saturated carbocycles. The fraction of sp³-hybridized carbons (Fsp3) is 0.636. The van der Waals surface area contributed by atoms with Crippen LogP contribution in [0.25, 0.3) is 0 Å². The summed E-state index contributed by atoms with van der Waals surface area (Å²) in [6.45, 7) is 3.99. The molecule has 1 saturated heterocycles. The molecule has 1 aliphatic rings. The van der Waals surface area contributed by atoms with E-state index in [-0.39, 0.29) is 9.92 Å². The van der Waals surface area contributed by atoms with Crippen LogP contribution in [-0.4, -0.2) is 22.0 Å². The Bertz CT molecular complexity index is 400. The highest BCUT2D eigenvalue weighted by atomic mass is 32.2. The summed E-state index contributed by atoms with van der Waals surface area (Å²) in [7, 11) is 0. The third-order valence-corrected chi connectivity index (χ3v) is 5.50. The first-order chi connectivity index (χ1) is 8.09. The van der Waals surface area contributed by atoms with E-state index in [1.807, 2.05) is 17.8 Å². The lowest BCUT2D eigenvalue weighted by molar-refractivity contribution is -0.380. The zero-order chi connectivity index (χ0) is 12.3. The molecule has 2 rings (SSSR count). The number of hydrogen-bond donors (Lipinski definition) is 1. The minimum atomic E-state index is -0.331. The second kappa shape index (κ2) is 5.37. The molecule has 4 nitrogen and oxygen atoms in total. The van der Waals surface area contributed by atoms with E-state index in [2.05, 4.69) is 12.2 Å². The molecule has 1 unspecified atom stereocenters. The van der Waals surface area contributed by atoms with Crippen LogP contribution in [0, 0.1) is 10.1 Å². The molecule has 0 bridgehead atoms. The van der Waals surface area contributed by atoms with Crippen LogP contribution in [0.2, 0.25) is 0 Å². The average Bonchev–Trinajstić information content (AvgIpc) is 2.88. The lowest BCUT2D eigenvalue weighted by Crippen LogP contribution is -2.32. The first kappa shape index (κ1) is 12.9. The molecule has 94 valence electrons. The number of hydrogen-bond acceptors (Lipinski definition) is 5. The van der Waals surface area contributed by atoms with Gasteiger partial charge in [0.15, 0.2) is 0 Å². The van der Waals surface area contributed by atoms with Crippen LogP contribution >= 0.6 is 23.1 Å². The van der Waals surface area contributed by atoms with Crippen molar-refractivity contribution in [2.45, 2.75) is 31.1 Å². The van der Waals surface area contributed by atoms with Gasteiger partial charge in [0.1, 0.15) is 0 Å². The van der Waals surface area contributed by atoms with Gasteiger partial charge in [0, 0.05) is 28.8 Å². The van der Waals surface area contributed by atoms with Crippen molar-refractivity contribution in [2.75, 3.05) is 12.3 Å². The summed E-state index contributed by atoms with van der Waals surface area (Å²) in [5.41, 5.74) is 0. The van der Waals surface area contributed by atoms with Gasteiger partial charge in [-0.05, 0) is 31.6 Å². The average molecular weight is 272 g/mol. The third-order valence-electron chi connectivity index (χ3n) is 2.93. The minimum Gasteiger partial charge on any atom is -0.310 e. The quantitative estimate of drug-likeness (QED) is 0.661. The maximum Gasteiger partial charge on any atom is 0.324 e. The predicted molar refractivity (Wildman–Crippen MR) is 72.8 cm³/mol. The zero-order valence-electron chi connectivity index (χ0n) is 9.77. The Hall–Kier alpha value is -0.590. The highest BCUT2D eigenvalue weighted by Crippen LogP contribution is 2.37. The molecule has 1 aliphatic heterocycles. The van der Waals surface area contributed by atoms with Gasteiger partial charge in [0.25, 0.3) is 0 Å². The summed E-state index contributed by atoms with van der Waals surface area (Å²) in [4.78, 5) is 11.2. The fourth-order valence-electron chi connectivity index (χ4n) is 1.99. The number of thiophene rings is 1. The van der Waals surface area contributed by atoms with Crippen LogP contribution < -0.4 is 5.32 Å². The van der Waals surface area contributed by atoms with Crippen molar-refractivity contribution in [3.05, 3.63) is 27.1 Å². The SMILES string of the molecule is CC1(CNCc2ccc([N+](=O)[O-])s2)CCCS1. The van der Waals surface area contributed by atoms with Crippen molar-refractivity contribution in [3.8, 4) is 0 Å². The van der Waals surface area contributed by atoms with Crippen molar-refractivity contribution in [1.82, 2.24) is 5.32 Å². The Labute approximate surface area is 109 Å². The van der Waals surface area contributed by atoms with Gasteiger partial charge in [0.05, 0.1) is 4.92 Å². The Balaban J connectivity index is 1.79. The maximum absolute atomic E-state index is 10.5. The van der Waals surface area contributed by atoms with Crippen LogP contribution in [0.15, 0.2) is 12.1 Å². The van der Waals surface area contributed by atoms with E-state index >= 15 is 0 Å². The summed E-state index contributed by atoms with van der Waals surface area (Å²) in [6, 6.07) is 3.41. The van der Waals surface area contributed by atoms with Crippen molar-refractivity contribution in [1.29, 1.82) is 0 Å². The van der Waals surface area contributed by atoms with E-state index in [0.717, 1.165) is 18.0 Å². The standard InChI is InChI=1S/C11H16N2O2S2/c1-11(5-2-6-16-11)8-12-7-9-3-4-10(17-9)13(14)15/h3-4,12H,2,5-8H2,1H3. The highest BCUT2D eigenvalue weighted by Gasteiger charge is 2.28. The molecule has 0 aliphatic carbocycles. The van der Waals surface area contributed by atoms with Crippen LogP contribution in [0.4, 0.5) is 5.00 Å². The lowest BCUT2D eigenvalue weighted by atomic mass is 10.1. The summed E-state index contributed by atoms with van der Waals surface area (Å²) in [5.74, 6) is 1.25. The van der Waals surface area contributed by atoms with Crippen molar-refractivity contribution in [2.24, 2.45) is 0 Å². The van der Waals surface area contributed by atoms with Gasteiger partial charge in [-0.1, -0.05) is 11.3 Å². The molecule has 1 fully saturated rings. The van der Waals surface area contributed by atoms with Crippen LogP contribution in [0.1, 0.15) is 24.6 Å². The summed E-state index contributed by atoms with van der Waals surface area (Å²) in [6.07, 6.45) is 2.56. The second-order valence-electron chi connectivity index (χ2n) is 4.50. The summed E-state index contributed by atoms with van der Waals surface area (Å²) < 4.78 is 0.350. The van der Waals surface area contributed by atoms with Gasteiger partial charge in [-0.15, -0.1) is 0 Å². The van der Waals surface area contributed by atoms with E-state index < -0.39 is 0 Å². The zero-order valence-corrected chi connectivity index (χ0v) is 11.4. The number of nitrogens with one attached hydrogen (secondary N) is 1. The van der Waals surface area contributed by atoms with Gasteiger partial charge in [-0.2, -0.15) is 11.8 Å². The molecule has 2 heterocycles. The maximum atomic E-state index is 10.5. The van der Waals surface area contributed by atoms with E-state index in [1.54, 1.807) is 6.07 Å². The molecule has 0 spiro atoms. The predicted octanol–water partition coefficient (Wildman–Crippen LogP) is 3.03. The van der Waals surface area contributed by atoms with Crippen LogP contribution in [-0.2, 0) is 6.54 Å². The normalized spacial score (nSPS) is 24.1. The molecule has 0 amide bonds. The molecule has 1 N–H and O–H groups in total. The van der Waals surface area contributed by atoms with Crippen molar-refractivity contribution in [3.63, 3.8) is 0 Å². The second-order valence-corrected chi connectivity index (χ2v) is 7.33. The van der Waals surface area contributed by atoms with E-state index in [0.29, 0.717) is 4.75 Å². The smallest absolute Gasteiger partial charge is 0.310 e. The van der Waals surface area contributed by atoms with Gasteiger partial charge < -0.3 is 5.32 Å². The number of rotatable bonds is 5. The van der Waals surface area contributed by atoms with Crippen molar-refractivity contribution < 1.29 is 4.92 Å². The van der Waals surface area contributed by atoms with Gasteiger partial charge in [-0.25, -0.2) is 0 Å². The first-order valence-corrected chi connectivity index (χ1v) is 7.47. The van der Waals surface area contributed by atoms with Crippen LogP contribution in [0.3, 0.4) is 0 Å². The molecule has 1 aromatic heterocycles. The highest BCUT2D eigenvalue weighted by molar-refractivity contribution is 8.00. The van der Waals surface area contributed by atoms with Crippen molar-refractivity contribution >= 4 is 28.1 Å². The van der Waals surface area contributed by atoms with Gasteiger partial charge in [-0.3, -0.25) is 10.1 Å². The van der Waals surface area contributed by atoms with E-state index in [4.69, 9.17) is 0 Å². The van der Waals surface area contributed by atoms with E-state index in [9.17, 15) is 10.1 Å². The largest absolute Gasteiger partial charge is 0.324 e. The topological polar surface area (TPSA) is 55.2 Å². The van der Waals surface area contributed by atoms with Gasteiger partial charge >= 0.3 is 5.00 Å². The number of nitrogens with zero attached hydrogens (tertiary/aromatic N) is 1. The Kier molecular flexibility index (Phi) is 4.06. The van der Waals surface area contributed by atoms with Crippen LogP contribution in [0.5, 0.6) is 0 Å². The minimum absolute atomic E-state index is 0.225. The lowest BCUT2D eigenvalue weighted by Gasteiger charge is -2.22. The first-order valence-electron chi connectivity index (χ1n) is 5.67. The molecule has 0 aromatic carbocycles. The third kappa shape index (κ3) is 3.43. The Morgan fingerprint density at radius 1 is 1.59 bits per heavy atom. The number of thioether (sulfide) groups is 1. The van der Waals surface area contributed by atoms with E-state index in [1.165, 1.54) is 29.9 Å². The summed E-state index contributed by atoms with van der Waals surface area (Å²) >= 11 is 3.28. The fourth-order valence-corrected chi connectivity index (χ4v) is 4.05. The molecule has 0 radical (unpaired) electrons. The summed E-state index contributed by atoms with van der Waals surface area (Å²) in [5, 5.41) is 14.2. The molecule has 1 atom stereocenters. The monoisotopic (exact) mass is 272 g/mol. The molecular formula is C11H16N2O2S2. The molecular weight excluding hydrogens is 256 g/mol. The molecule has 1 aromatic rings. The number of nitro groups is 1. The Morgan fingerprint density at radius 2 is 2.41 bits per heavy atom. The van der Waals surface area contributed by atoms with Gasteiger partial charge in [0.2, 0.25) is 0 Å². The Morgan fingerprint density at radius 3 is 3.00 bits per heavy atom.